The fourth-order valence-corrected chi connectivity index (χ4v) is 3.51. The van der Waals surface area contributed by atoms with Crippen LogP contribution in [0, 0.1) is 3.57 Å². The minimum Gasteiger partial charge on any atom is -0.288 e. The lowest BCUT2D eigenvalue weighted by atomic mass is 10.1. The van der Waals surface area contributed by atoms with E-state index in [0.29, 0.717) is 5.56 Å². The van der Waals surface area contributed by atoms with Crippen LogP contribution in [0.1, 0.15) is 26.4 Å². The van der Waals surface area contributed by atoms with Crippen LogP contribution in [0.3, 0.4) is 0 Å². The van der Waals surface area contributed by atoms with Crippen molar-refractivity contribution >= 4 is 39.7 Å². The van der Waals surface area contributed by atoms with Crippen LogP contribution in [0.5, 0.6) is 0 Å². The minimum absolute atomic E-state index is 0.0190. The first kappa shape index (κ1) is 14.3. The van der Waals surface area contributed by atoms with Crippen molar-refractivity contribution in [3.63, 3.8) is 0 Å². The van der Waals surface area contributed by atoms with Gasteiger partial charge in [-0.05, 0) is 63.7 Å². The number of thiophene rings is 1. The molecule has 1 aromatic carbocycles. The van der Waals surface area contributed by atoms with Crippen LogP contribution in [0.15, 0.2) is 54.4 Å². The lowest BCUT2D eigenvalue weighted by Crippen LogP contribution is -1.99. The van der Waals surface area contributed by atoms with E-state index in [2.05, 4.69) is 56.8 Å². The molecule has 3 nitrogen and oxygen atoms in total. The number of aromatic nitrogens is 2. The molecule has 104 valence electrons. The lowest BCUT2D eigenvalue weighted by Gasteiger charge is -1.99. The van der Waals surface area contributed by atoms with Gasteiger partial charge in [-0.3, -0.25) is 4.79 Å². The SMILES string of the molecule is O=C(c1cncnc1)c1cc(Cc2cccc(I)c2)cs1. The molecule has 0 spiro atoms. The zero-order valence-electron chi connectivity index (χ0n) is 11.0. The van der Waals surface area contributed by atoms with E-state index in [0.717, 1.165) is 16.9 Å². The van der Waals surface area contributed by atoms with Gasteiger partial charge in [0.25, 0.3) is 0 Å². The summed E-state index contributed by atoms with van der Waals surface area (Å²) in [6.45, 7) is 0. The summed E-state index contributed by atoms with van der Waals surface area (Å²) in [4.78, 5) is 20.8. The third-order valence-corrected chi connectivity index (χ3v) is 4.65. The molecule has 0 saturated carbocycles. The summed E-state index contributed by atoms with van der Waals surface area (Å²) >= 11 is 3.78. The van der Waals surface area contributed by atoms with Gasteiger partial charge in [0.2, 0.25) is 5.78 Å². The highest BCUT2D eigenvalue weighted by Gasteiger charge is 2.12. The number of rotatable bonds is 4. The molecule has 3 rings (SSSR count). The highest BCUT2D eigenvalue weighted by Crippen LogP contribution is 2.21. The summed E-state index contributed by atoms with van der Waals surface area (Å²) < 4.78 is 1.22. The number of halogens is 1. The van der Waals surface area contributed by atoms with Crippen molar-refractivity contribution in [2.24, 2.45) is 0 Å². The fourth-order valence-electron chi connectivity index (χ4n) is 2.03. The van der Waals surface area contributed by atoms with Crippen molar-refractivity contribution in [1.29, 1.82) is 0 Å². The lowest BCUT2D eigenvalue weighted by molar-refractivity contribution is 0.104. The second-order valence-electron chi connectivity index (χ2n) is 4.58. The third-order valence-electron chi connectivity index (χ3n) is 3.00. The number of nitrogens with zero attached hydrogens (tertiary/aromatic N) is 2. The van der Waals surface area contributed by atoms with Crippen molar-refractivity contribution in [2.75, 3.05) is 0 Å². The van der Waals surface area contributed by atoms with E-state index in [4.69, 9.17) is 0 Å². The van der Waals surface area contributed by atoms with E-state index in [9.17, 15) is 4.79 Å². The summed E-state index contributed by atoms with van der Waals surface area (Å²) in [6.07, 6.45) is 5.36. The van der Waals surface area contributed by atoms with Crippen LogP contribution in [0.25, 0.3) is 0 Å². The maximum Gasteiger partial charge on any atom is 0.206 e. The Kier molecular flexibility index (Phi) is 4.40. The van der Waals surface area contributed by atoms with Gasteiger partial charge in [-0.25, -0.2) is 9.97 Å². The largest absolute Gasteiger partial charge is 0.288 e. The minimum atomic E-state index is -0.0190. The Bertz CT molecular complexity index is 771. The topological polar surface area (TPSA) is 42.9 Å². The van der Waals surface area contributed by atoms with Crippen LogP contribution in [0.2, 0.25) is 0 Å². The Morgan fingerprint density at radius 3 is 2.71 bits per heavy atom. The van der Waals surface area contributed by atoms with E-state index in [1.807, 2.05) is 11.4 Å². The number of ketones is 1. The Morgan fingerprint density at radius 1 is 1.14 bits per heavy atom. The molecule has 0 amide bonds. The molecule has 5 heteroatoms. The smallest absolute Gasteiger partial charge is 0.206 e. The highest BCUT2D eigenvalue weighted by atomic mass is 127. The van der Waals surface area contributed by atoms with Crippen molar-refractivity contribution < 1.29 is 4.79 Å². The zero-order chi connectivity index (χ0) is 14.7. The standard InChI is InChI=1S/C16H11IN2OS/c17-14-3-1-2-11(5-14)4-12-6-15(21-9-12)16(20)13-7-18-10-19-8-13/h1-3,5-10H,4H2. The summed E-state index contributed by atoms with van der Waals surface area (Å²) in [5.74, 6) is -0.0190. The van der Waals surface area contributed by atoms with E-state index in [1.165, 1.54) is 26.8 Å². The van der Waals surface area contributed by atoms with E-state index in [-0.39, 0.29) is 5.78 Å². The van der Waals surface area contributed by atoms with Gasteiger partial charge in [-0.1, -0.05) is 12.1 Å². The molecule has 0 atom stereocenters. The predicted molar refractivity (Wildman–Crippen MR) is 91.7 cm³/mol. The second kappa shape index (κ2) is 6.44. The maximum atomic E-state index is 12.3. The molecule has 2 heterocycles. The molecule has 21 heavy (non-hydrogen) atoms. The van der Waals surface area contributed by atoms with Crippen LogP contribution < -0.4 is 0 Å². The highest BCUT2D eigenvalue weighted by molar-refractivity contribution is 14.1. The Balaban J connectivity index is 1.79. The number of carbonyl (C=O) groups excluding carboxylic acids is 1. The molecule has 3 aromatic rings. The molecule has 2 aromatic heterocycles. The van der Waals surface area contributed by atoms with Crippen LogP contribution in [0.4, 0.5) is 0 Å². The normalized spacial score (nSPS) is 10.5. The average molecular weight is 406 g/mol. The average Bonchev–Trinajstić information content (AvgIpc) is 2.96. The molecular formula is C16H11IN2OS. The van der Waals surface area contributed by atoms with Gasteiger partial charge in [0.1, 0.15) is 6.33 Å². The summed E-state index contributed by atoms with van der Waals surface area (Å²) in [5.41, 5.74) is 2.93. The van der Waals surface area contributed by atoms with Crippen molar-refractivity contribution in [2.45, 2.75) is 6.42 Å². The Labute approximate surface area is 140 Å². The summed E-state index contributed by atoms with van der Waals surface area (Å²) in [6, 6.07) is 10.3. The molecule has 0 bridgehead atoms. The van der Waals surface area contributed by atoms with Gasteiger partial charge in [0.15, 0.2) is 0 Å². The number of benzene rings is 1. The van der Waals surface area contributed by atoms with E-state index >= 15 is 0 Å². The van der Waals surface area contributed by atoms with Crippen molar-refractivity contribution in [3.05, 3.63) is 79.6 Å². The second-order valence-corrected chi connectivity index (χ2v) is 6.74. The third kappa shape index (κ3) is 3.54. The molecule has 0 aliphatic carbocycles. The van der Waals surface area contributed by atoms with Crippen LogP contribution in [-0.2, 0) is 6.42 Å². The first-order chi connectivity index (χ1) is 10.2. The predicted octanol–water partition coefficient (Wildman–Crippen LogP) is 3.96. The Hall–Kier alpha value is -1.60. The summed E-state index contributed by atoms with van der Waals surface area (Å²) in [7, 11) is 0. The van der Waals surface area contributed by atoms with Gasteiger partial charge < -0.3 is 0 Å². The fraction of sp³-hybridized carbons (Fsp3) is 0.0625. The van der Waals surface area contributed by atoms with Gasteiger partial charge in [-0.2, -0.15) is 0 Å². The molecule has 0 unspecified atom stereocenters. The van der Waals surface area contributed by atoms with Crippen molar-refractivity contribution in [1.82, 2.24) is 9.97 Å². The van der Waals surface area contributed by atoms with Gasteiger partial charge in [-0.15, -0.1) is 11.3 Å². The van der Waals surface area contributed by atoms with Gasteiger partial charge >= 0.3 is 0 Å². The molecule has 0 aliphatic rings. The first-order valence-electron chi connectivity index (χ1n) is 6.34. The molecule has 0 radical (unpaired) electrons. The van der Waals surface area contributed by atoms with Gasteiger partial charge in [0.05, 0.1) is 10.4 Å². The molecule has 0 N–H and O–H groups in total. The Morgan fingerprint density at radius 2 is 1.95 bits per heavy atom. The molecule has 0 aliphatic heterocycles. The van der Waals surface area contributed by atoms with E-state index in [1.54, 1.807) is 12.4 Å². The number of hydrogen-bond acceptors (Lipinski definition) is 4. The van der Waals surface area contributed by atoms with Crippen molar-refractivity contribution in [3.8, 4) is 0 Å². The summed E-state index contributed by atoms with van der Waals surface area (Å²) in [5, 5.41) is 2.04. The number of hydrogen-bond donors (Lipinski definition) is 0. The monoisotopic (exact) mass is 406 g/mol. The van der Waals surface area contributed by atoms with Crippen LogP contribution in [-0.4, -0.2) is 15.8 Å². The van der Waals surface area contributed by atoms with Crippen LogP contribution >= 0.6 is 33.9 Å². The molecule has 0 saturated heterocycles. The first-order valence-corrected chi connectivity index (χ1v) is 8.30. The quantitative estimate of drug-likeness (QED) is 0.487. The molecule has 0 fully saturated rings. The van der Waals surface area contributed by atoms with E-state index < -0.39 is 0 Å². The number of carbonyl (C=O) groups is 1. The molecular weight excluding hydrogens is 395 g/mol. The maximum absolute atomic E-state index is 12.3. The zero-order valence-corrected chi connectivity index (χ0v) is 14.0. The van der Waals surface area contributed by atoms with Gasteiger partial charge in [0, 0.05) is 16.0 Å².